The second-order valence-electron chi connectivity index (χ2n) is 7.69. The van der Waals surface area contributed by atoms with Gasteiger partial charge in [-0.05, 0) is 54.3 Å². The van der Waals surface area contributed by atoms with Crippen LogP contribution < -0.4 is 10.2 Å². The van der Waals surface area contributed by atoms with E-state index in [4.69, 9.17) is 0 Å². The second-order valence-corrected chi connectivity index (χ2v) is 7.69. The maximum atomic E-state index is 13.0. The van der Waals surface area contributed by atoms with E-state index in [-0.39, 0.29) is 23.6 Å². The SMILES string of the molecule is Cc1cccc(C(C)C)c1NC(=O)c1cccc(N2C(=O)c3ccccc3C2=O)c1. The maximum Gasteiger partial charge on any atom is 0.266 e. The third-order valence-corrected chi connectivity index (χ3v) is 5.33. The molecule has 0 atom stereocenters. The smallest absolute Gasteiger partial charge is 0.266 e. The number of para-hydroxylation sites is 1. The van der Waals surface area contributed by atoms with Crippen LogP contribution in [0.25, 0.3) is 0 Å². The minimum Gasteiger partial charge on any atom is -0.321 e. The van der Waals surface area contributed by atoms with Crippen molar-refractivity contribution >= 4 is 29.1 Å². The zero-order valence-electron chi connectivity index (χ0n) is 17.1. The molecule has 3 aromatic carbocycles. The summed E-state index contributed by atoms with van der Waals surface area (Å²) in [6.45, 7) is 6.11. The van der Waals surface area contributed by atoms with Crippen LogP contribution in [-0.2, 0) is 0 Å². The minimum absolute atomic E-state index is 0.255. The zero-order valence-corrected chi connectivity index (χ0v) is 17.1. The summed E-state index contributed by atoms with van der Waals surface area (Å²) < 4.78 is 0. The third kappa shape index (κ3) is 3.28. The quantitative estimate of drug-likeness (QED) is 0.617. The number of nitrogens with one attached hydrogen (secondary N) is 1. The molecular formula is C25H22N2O3. The monoisotopic (exact) mass is 398 g/mol. The molecule has 0 aliphatic carbocycles. The summed E-state index contributed by atoms with van der Waals surface area (Å²) >= 11 is 0. The van der Waals surface area contributed by atoms with Crippen LogP contribution in [0.2, 0.25) is 0 Å². The van der Waals surface area contributed by atoms with Gasteiger partial charge in [0.1, 0.15) is 0 Å². The molecule has 3 aromatic rings. The first-order valence-electron chi connectivity index (χ1n) is 9.87. The maximum absolute atomic E-state index is 13.0. The molecule has 3 amide bonds. The first-order chi connectivity index (χ1) is 14.4. The highest BCUT2D eigenvalue weighted by Gasteiger charge is 2.36. The number of hydrogen-bond acceptors (Lipinski definition) is 3. The van der Waals surface area contributed by atoms with Crippen LogP contribution in [-0.4, -0.2) is 17.7 Å². The number of anilines is 2. The number of rotatable bonds is 4. The molecule has 1 aliphatic heterocycles. The van der Waals surface area contributed by atoms with E-state index in [0.717, 1.165) is 21.7 Å². The fourth-order valence-electron chi connectivity index (χ4n) is 3.74. The van der Waals surface area contributed by atoms with Crippen molar-refractivity contribution in [3.8, 4) is 0 Å². The van der Waals surface area contributed by atoms with Gasteiger partial charge in [0.25, 0.3) is 17.7 Å². The molecule has 0 radical (unpaired) electrons. The van der Waals surface area contributed by atoms with Crippen LogP contribution in [0, 0.1) is 6.92 Å². The van der Waals surface area contributed by atoms with Gasteiger partial charge in [0.2, 0.25) is 0 Å². The van der Waals surface area contributed by atoms with Crippen molar-refractivity contribution < 1.29 is 14.4 Å². The Morgan fingerprint density at radius 1 is 0.867 bits per heavy atom. The fourth-order valence-corrected chi connectivity index (χ4v) is 3.74. The molecule has 30 heavy (non-hydrogen) atoms. The van der Waals surface area contributed by atoms with Gasteiger partial charge in [-0.15, -0.1) is 0 Å². The van der Waals surface area contributed by atoms with E-state index in [1.807, 2.05) is 25.1 Å². The summed E-state index contributed by atoms with van der Waals surface area (Å²) in [6, 6.07) is 19.2. The van der Waals surface area contributed by atoms with Gasteiger partial charge in [0.15, 0.2) is 0 Å². The van der Waals surface area contributed by atoms with E-state index in [1.54, 1.807) is 48.5 Å². The molecule has 1 N–H and O–H groups in total. The Bertz CT molecular complexity index is 1150. The van der Waals surface area contributed by atoms with Gasteiger partial charge < -0.3 is 5.32 Å². The molecule has 0 aromatic heterocycles. The van der Waals surface area contributed by atoms with Crippen molar-refractivity contribution in [3.63, 3.8) is 0 Å². The van der Waals surface area contributed by atoms with Gasteiger partial charge >= 0.3 is 0 Å². The standard InChI is InChI=1S/C25H22N2O3/c1-15(2)19-13-6-8-16(3)22(19)26-23(28)17-9-7-10-18(14-17)27-24(29)20-11-4-5-12-21(20)25(27)30/h4-15H,1-3H3,(H,26,28). The number of nitrogens with zero attached hydrogens (tertiary/aromatic N) is 1. The lowest BCUT2D eigenvalue weighted by Gasteiger charge is -2.18. The average molecular weight is 398 g/mol. The number of amides is 3. The number of carbonyl (C=O) groups is 3. The van der Waals surface area contributed by atoms with Crippen molar-refractivity contribution in [3.05, 3.63) is 94.5 Å². The molecule has 0 spiro atoms. The number of fused-ring (bicyclic) bond motifs is 1. The van der Waals surface area contributed by atoms with Crippen LogP contribution in [0.5, 0.6) is 0 Å². The Labute approximate surface area is 175 Å². The predicted molar refractivity (Wildman–Crippen MR) is 117 cm³/mol. The number of hydrogen-bond donors (Lipinski definition) is 1. The molecule has 5 heteroatoms. The summed E-state index contributed by atoms with van der Waals surface area (Å²) in [5, 5.41) is 3.01. The summed E-state index contributed by atoms with van der Waals surface area (Å²) in [4.78, 5) is 39.6. The molecule has 0 unspecified atom stereocenters. The van der Waals surface area contributed by atoms with Crippen molar-refractivity contribution in [1.29, 1.82) is 0 Å². The summed E-state index contributed by atoms with van der Waals surface area (Å²) in [5.74, 6) is -0.794. The van der Waals surface area contributed by atoms with Gasteiger partial charge in [-0.3, -0.25) is 14.4 Å². The molecule has 1 aliphatic rings. The highest BCUT2D eigenvalue weighted by Crippen LogP contribution is 2.30. The number of carbonyl (C=O) groups excluding carboxylic acids is 3. The lowest BCUT2D eigenvalue weighted by Crippen LogP contribution is -2.29. The normalized spacial score (nSPS) is 13.0. The first-order valence-corrected chi connectivity index (χ1v) is 9.87. The van der Waals surface area contributed by atoms with Crippen molar-refractivity contribution in [2.45, 2.75) is 26.7 Å². The Balaban J connectivity index is 1.65. The zero-order chi connectivity index (χ0) is 21.4. The van der Waals surface area contributed by atoms with E-state index < -0.39 is 0 Å². The summed E-state index contributed by atoms with van der Waals surface area (Å²) in [5.41, 5.74) is 4.33. The topological polar surface area (TPSA) is 66.5 Å². The molecule has 0 bridgehead atoms. The molecular weight excluding hydrogens is 376 g/mol. The van der Waals surface area contributed by atoms with Crippen LogP contribution in [0.1, 0.15) is 62.0 Å². The average Bonchev–Trinajstić information content (AvgIpc) is 3.00. The Kier molecular flexibility index (Phi) is 4.96. The van der Waals surface area contributed by atoms with Crippen LogP contribution in [0.15, 0.2) is 66.7 Å². The first kappa shape index (κ1) is 19.6. The van der Waals surface area contributed by atoms with Gasteiger partial charge in [-0.1, -0.05) is 50.2 Å². The largest absolute Gasteiger partial charge is 0.321 e. The number of imide groups is 1. The molecule has 0 fully saturated rings. The highest BCUT2D eigenvalue weighted by atomic mass is 16.2. The van der Waals surface area contributed by atoms with Gasteiger partial charge in [0.05, 0.1) is 16.8 Å². The van der Waals surface area contributed by atoms with E-state index >= 15 is 0 Å². The van der Waals surface area contributed by atoms with E-state index in [9.17, 15) is 14.4 Å². The third-order valence-electron chi connectivity index (χ3n) is 5.33. The summed E-state index contributed by atoms with van der Waals surface area (Å²) in [7, 11) is 0. The van der Waals surface area contributed by atoms with Gasteiger partial charge in [-0.2, -0.15) is 0 Å². The van der Waals surface area contributed by atoms with Crippen molar-refractivity contribution in [2.75, 3.05) is 10.2 Å². The van der Waals surface area contributed by atoms with Gasteiger partial charge in [-0.25, -0.2) is 4.90 Å². The highest BCUT2D eigenvalue weighted by molar-refractivity contribution is 6.34. The van der Waals surface area contributed by atoms with E-state index in [0.29, 0.717) is 22.4 Å². The van der Waals surface area contributed by atoms with E-state index in [1.165, 1.54) is 0 Å². The predicted octanol–water partition coefficient (Wildman–Crippen LogP) is 5.17. The minimum atomic E-state index is -0.380. The van der Waals surface area contributed by atoms with E-state index in [2.05, 4.69) is 19.2 Å². The number of aryl methyl sites for hydroxylation is 1. The second kappa shape index (κ2) is 7.59. The molecule has 150 valence electrons. The van der Waals surface area contributed by atoms with Crippen molar-refractivity contribution in [1.82, 2.24) is 0 Å². The Morgan fingerprint density at radius 2 is 1.50 bits per heavy atom. The van der Waals surface area contributed by atoms with Crippen LogP contribution in [0.4, 0.5) is 11.4 Å². The summed E-state index contributed by atoms with van der Waals surface area (Å²) in [6.07, 6.45) is 0. The van der Waals surface area contributed by atoms with Gasteiger partial charge in [0, 0.05) is 11.3 Å². The van der Waals surface area contributed by atoms with Crippen molar-refractivity contribution in [2.24, 2.45) is 0 Å². The lowest BCUT2D eigenvalue weighted by molar-refractivity contribution is 0.0924. The lowest BCUT2D eigenvalue weighted by atomic mass is 9.98. The molecule has 0 saturated carbocycles. The molecule has 1 heterocycles. The molecule has 0 saturated heterocycles. The molecule has 5 nitrogen and oxygen atoms in total. The molecule has 4 rings (SSSR count). The van der Waals surface area contributed by atoms with Crippen LogP contribution in [0.3, 0.4) is 0 Å². The Morgan fingerprint density at radius 3 is 2.13 bits per heavy atom. The fraction of sp³-hybridized carbons (Fsp3) is 0.160. The van der Waals surface area contributed by atoms with Crippen LogP contribution >= 0.6 is 0 Å². The number of benzene rings is 3. The Hall–Kier alpha value is -3.73.